The first-order valence-electron chi connectivity index (χ1n) is 8.47. The van der Waals surface area contributed by atoms with Crippen molar-refractivity contribution in [3.05, 3.63) is 35.9 Å². The molecule has 4 nitrogen and oxygen atoms in total. The molecule has 2 aliphatic rings. The largest absolute Gasteiger partial charge is 0.379 e. The minimum Gasteiger partial charge on any atom is -0.379 e. The number of hydrogen-bond acceptors (Lipinski definition) is 3. The van der Waals surface area contributed by atoms with Gasteiger partial charge in [-0.15, -0.1) is 12.4 Å². The monoisotopic (exact) mass is 338 g/mol. The summed E-state index contributed by atoms with van der Waals surface area (Å²) < 4.78 is 5.50. The van der Waals surface area contributed by atoms with Crippen LogP contribution in [0.2, 0.25) is 0 Å². The van der Waals surface area contributed by atoms with E-state index in [0.717, 1.165) is 39.0 Å². The standard InChI is InChI=1S/C18H26N2O2.ClH/c21-18(13-16-7-4-10-19-16)20(17-9-12-22-14-17)11-8-15-5-2-1-3-6-15;/h1-3,5-6,16-17,19H,4,7-14H2;1H. The summed E-state index contributed by atoms with van der Waals surface area (Å²) in [7, 11) is 0. The quantitative estimate of drug-likeness (QED) is 0.866. The molecular weight excluding hydrogens is 312 g/mol. The van der Waals surface area contributed by atoms with Gasteiger partial charge in [0.25, 0.3) is 0 Å². The topological polar surface area (TPSA) is 41.6 Å². The van der Waals surface area contributed by atoms with Gasteiger partial charge in [-0.05, 0) is 37.8 Å². The lowest BCUT2D eigenvalue weighted by Crippen LogP contribution is -2.44. The van der Waals surface area contributed by atoms with Gasteiger partial charge < -0.3 is 15.0 Å². The van der Waals surface area contributed by atoms with Crippen LogP contribution in [0.25, 0.3) is 0 Å². The van der Waals surface area contributed by atoms with Crippen molar-refractivity contribution in [2.75, 3.05) is 26.3 Å². The fraction of sp³-hybridized carbons (Fsp3) is 0.611. The number of halogens is 1. The van der Waals surface area contributed by atoms with E-state index >= 15 is 0 Å². The van der Waals surface area contributed by atoms with Gasteiger partial charge >= 0.3 is 0 Å². The highest BCUT2D eigenvalue weighted by Crippen LogP contribution is 2.17. The summed E-state index contributed by atoms with van der Waals surface area (Å²) in [5.74, 6) is 0.283. The lowest BCUT2D eigenvalue weighted by molar-refractivity contribution is -0.134. The molecule has 23 heavy (non-hydrogen) atoms. The first-order chi connectivity index (χ1) is 10.8. The number of rotatable bonds is 6. The summed E-state index contributed by atoms with van der Waals surface area (Å²) in [6.45, 7) is 3.32. The Labute approximate surface area is 145 Å². The van der Waals surface area contributed by atoms with Gasteiger partial charge in [0, 0.05) is 25.6 Å². The summed E-state index contributed by atoms with van der Waals surface area (Å²) >= 11 is 0. The summed E-state index contributed by atoms with van der Waals surface area (Å²) in [5, 5.41) is 3.43. The SMILES string of the molecule is Cl.O=C(CC1CCCN1)N(CCc1ccccc1)C1CCOC1. The highest BCUT2D eigenvalue weighted by atomic mass is 35.5. The Morgan fingerprint density at radius 1 is 1.26 bits per heavy atom. The second kappa shape index (κ2) is 9.26. The minimum atomic E-state index is 0. The molecule has 1 amide bonds. The van der Waals surface area contributed by atoms with Crippen LogP contribution < -0.4 is 5.32 Å². The van der Waals surface area contributed by atoms with E-state index in [2.05, 4.69) is 34.5 Å². The number of benzene rings is 1. The summed E-state index contributed by atoms with van der Waals surface area (Å²) in [6.07, 6.45) is 4.83. The van der Waals surface area contributed by atoms with Gasteiger partial charge in [0.1, 0.15) is 0 Å². The number of carbonyl (C=O) groups is 1. The maximum Gasteiger partial charge on any atom is 0.224 e. The van der Waals surface area contributed by atoms with Crippen LogP contribution in [0.3, 0.4) is 0 Å². The van der Waals surface area contributed by atoms with Crippen LogP contribution in [0, 0.1) is 0 Å². The molecule has 1 aromatic carbocycles. The molecular formula is C18H27ClN2O2. The Morgan fingerprint density at radius 2 is 2.09 bits per heavy atom. The van der Waals surface area contributed by atoms with Crippen LogP contribution in [0.4, 0.5) is 0 Å². The number of nitrogens with zero attached hydrogens (tertiary/aromatic N) is 1. The number of carbonyl (C=O) groups excluding carboxylic acids is 1. The lowest BCUT2D eigenvalue weighted by atomic mass is 10.1. The number of nitrogens with one attached hydrogen (secondary N) is 1. The molecule has 2 aliphatic heterocycles. The summed E-state index contributed by atoms with van der Waals surface area (Å²) in [6, 6.07) is 11.0. The van der Waals surface area contributed by atoms with Crippen LogP contribution in [0.5, 0.6) is 0 Å². The van der Waals surface area contributed by atoms with Crippen LogP contribution >= 0.6 is 12.4 Å². The van der Waals surface area contributed by atoms with Crippen molar-refractivity contribution in [2.45, 2.75) is 44.2 Å². The van der Waals surface area contributed by atoms with E-state index in [4.69, 9.17) is 4.74 Å². The van der Waals surface area contributed by atoms with Crippen LogP contribution in [-0.2, 0) is 16.0 Å². The van der Waals surface area contributed by atoms with Crippen molar-refractivity contribution in [2.24, 2.45) is 0 Å². The molecule has 1 aromatic rings. The van der Waals surface area contributed by atoms with Crippen LogP contribution in [0.1, 0.15) is 31.2 Å². The van der Waals surface area contributed by atoms with Crippen molar-refractivity contribution >= 4 is 18.3 Å². The molecule has 2 saturated heterocycles. The molecule has 128 valence electrons. The molecule has 2 fully saturated rings. The second-order valence-corrected chi connectivity index (χ2v) is 6.34. The van der Waals surface area contributed by atoms with Crippen molar-refractivity contribution in [1.29, 1.82) is 0 Å². The predicted molar refractivity (Wildman–Crippen MR) is 94.0 cm³/mol. The average Bonchev–Trinajstić information content (AvgIpc) is 3.22. The fourth-order valence-electron chi connectivity index (χ4n) is 3.43. The van der Waals surface area contributed by atoms with Gasteiger partial charge in [0.2, 0.25) is 5.91 Å². The minimum absolute atomic E-state index is 0. The van der Waals surface area contributed by atoms with Gasteiger partial charge in [0.05, 0.1) is 12.6 Å². The molecule has 2 atom stereocenters. The third kappa shape index (κ3) is 5.20. The van der Waals surface area contributed by atoms with Crippen molar-refractivity contribution in [3.8, 4) is 0 Å². The van der Waals surface area contributed by atoms with E-state index in [0.29, 0.717) is 19.1 Å². The van der Waals surface area contributed by atoms with E-state index in [1.807, 2.05) is 6.07 Å². The maximum absolute atomic E-state index is 12.7. The van der Waals surface area contributed by atoms with Crippen molar-refractivity contribution < 1.29 is 9.53 Å². The molecule has 0 radical (unpaired) electrons. The maximum atomic E-state index is 12.7. The van der Waals surface area contributed by atoms with E-state index in [-0.39, 0.29) is 24.4 Å². The normalized spacial score (nSPS) is 23.5. The molecule has 2 heterocycles. The van der Waals surface area contributed by atoms with Gasteiger partial charge in [-0.3, -0.25) is 4.79 Å². The Morgan fingerprint density at radius 3 is 2.74 bits per heavy atom. The van der Waals surface area contributed by atoms with Crippen molar-refractivity contribution in [1.82, 2.24) is 10.2 Å². The number of hydrogen-bond donors (Lipinski definition) is 1. The first-order valence-corrected chi connectivity index (χ1v) is 8.47. The zero-order valence-corrected chi connectivity index (χ0v) is 14.4. The van der Waals surface area contributed by atoms with Gasteiger partial charge in [0.15, 0.2) is 0 Å². The van der Waals surface area contributed by atoms with E-state index in [1.54, 1.807) is 0 Å². The Balaban J connectivity index is 0.00000192. The predicted octanol–water partition coefficient (Wildman–Crippen LogP) is 2.41. The zero-order chi connectivity index (χ0) is 15.2. The van der Waals surface area contributed by atoms with E-state index in [9.17, 15) is 4.79 Å². The third-order valence-electron chi connectivity index (χ3n) is 4.73. The first kappa shape index (κ1) is 18.2. The molecule has 2 unspecified atom stereocenters. The smallest absolute Gasteiger partial charge is 0.224 e. The fourth-order valence-corrected chi connectivity index (χ4v) is 3.43. The van der Waals surface area contributed by atoms with Gasteiger partial charge in [-0.25, -0.2) is 0 Å². The Kier molecular flexibility index (Phi) is 7.34. The van der Waals surface area contributed by atoms with Crippen molar-refractivity contribution in [3.63, 3.8) is 0 Å². The van der Waals surface area contributed by atoms with Crippen LogP contribution in [-0.4, -0.2) is 49.2 Å². The molecule has 0 aliphatic carbocycles. The molecule has 0 spiro atoms. The zero-order valence-electron chi connectivity index (χ0n) is 13.6. The van der Waals surface area contributed by atoms with E-state index < -0.39 is 0 Å². The lowest BCUT2D eigenvalue weighted by Gasteiger charge is -2.29. The summed E-state index contributed by atoms with van der Waals surface area (Å²) in [5.41, 5.74) is 1.29. The molecule has 5 heteroatoms. The molecule has 3 rings (SSSR count). The molecule has 1 N–H and O–H groups in total. The molecule has 0 aromatic heterocycles. The number of ether oxygens (including phenoxy) is 1. The number of amides is 1. The highest BCUT2D eigenvalue weighted by molar-refractivity contribution is 5.85. The van der Waals surface area contributed by atoms with Gasteiger partial charge in [-0.1, -0.05) is 30.3 Å². The molecule has 0 bridgehead atoms. The Hall–Kier alpha value is -1.10. The second-order valence-electron chi connectivity index (χ2n) is 6.34. The molecule has 0 saturated carbocycles. The van der Waals surface area contributed by atoms with Gasteiger partial charge in [-0.2, -0.15) is 0 Å². The third-order valence-corrected chi connectivity index (χ3v) is 4.73. The Bertz CT molecular complexity index is 471. The highest BCUT2D eigenvalue weighted by Gasteiger charge is 2.29. The summed E-state index contributed by atoms with van der Waals surface area (Å²) in [4.78, 5) is 14.8. The van der Waals surface area contributed by atoms with E-state index in [1.165, 1.54) is 12.0 Å². The van der Waals surface area contributed by atoms with Crippen LogP contribution in [0.15, 0.2) is 30.3 Å². The average molecular weight is 339 g/mol.